The summed E-state index contributed by atoms with van der Waals surface area (Å²) in [6, 6.07) is 0. The first-order valence-corrected chi connectivity index (χ1v) is 8.23. The molecule has 1 saturated carbocycles. The molecule has 0 nitrogen and oxygen atoms in total. The minimum atomic E-state index is 0.830. The van der Waals surface area contributed by atoms with Gasteiger partial charge in [-0.15, -0.1) is 0 Å². The van der Waals surface area contributed by atoms with Gasteiger partial charge in [0.05, 0.1) is 0 Å². The Balaban J connectivity index is 2.31. The van der Waals surface area contributed by atoms with E-state index in [1.807, 2.05) is 5.57 Å². The van der Waals surface area contributed by atoms with Gasteiger partial charge in [-0.1, -0.05) is 58.1 Å². The second-order valence-electron chi connectivity index (χ2n) is 7.34. The molecule has 2 rings (SSSR count). The van der Waals surface area contributed by atoms with Crippen LogP contribution in [0.1, 0.15) is 73.1 Å². The van der Waals surface area contributed by atoms with Gasteiger partial charge in [0.15, 0.2) is 0 Å². The van der Waals surface area contributed by atoms with Gasteiger partial charge in [0.1, 0.15) is 0 Å². The summed E-state index contributed by atoms with van der Waals surface area (Å²) in [6.45, 7) is 12.2. The summed E-state index contributed by atoms with van der Waals surface area (Å²) >= 11 is 0. The average molecular weight is 248 g/mol. The Kier molecular flexibility index (Phi) is 4.56. The molecule has 0 heteroatoms. The van der Waals surface area contributed by atoms with Crippen molar-refractivity contribution in [3.63, 3.8) is 0 Å². The van der Waals surface area contributed by atoms with E-state index in [-0.39, 0.29) is 0 Å². The van der Waals surface area contributed by atoms with Crippen LogP contribution in [0.5, 0.6) is 0 Å². The standard InChI is InChI=1S/C18H32/c1-12(2)16-11-10-13(3)15(5)18(16)17-9-7-6-8-14(17)4/h12-14,16-17H,6-11H2,1-5H3/t13-,14?,16?,17?/m1/s1. The average Bonchev–Trinajstić information content (AvgIpc) is 2.33. The second-order valence-corrected chi connectivity index (χ2v) is 7.34. The van der Waals surface area contributed by atoms with Crippen molar-refractivity contribution in [2.45, 2.75) is 73.1 Å². The lowest BCUT2D eigenvalue weighted by Crippen LogP contribution is -2.30. The van der Waals surface area contributed by atoms with Crippen molar-refractivity contribution in [2.24, 2.45) is 29.6 Å². The van der Waals surface area contributed by atoms with E-state index in [1.54, 1.807) is 5.57 Å². The van der Waals surface area contributed by atoms with Gasteiger partial charge in [0.2, 0.25) is 0 Å². The van der Waals surface area contributed by atoms with Crippen molar-refractivity contribution in [3.05, 3.63) is 11.1 Å². The van der Waals surface area contributed by atoms with Crippen LogP contribution in [0.4, 0.5) is 0 Å². The smallest absolute Gasteiger partial charge is 0.0172 e. The third kappa shape index (κ3) is 2.68. The molecule has 0 N–H and O–H groups in total. The minimum absolute atomic E-state index is 0.830. The van der Waals surface area contributed by atoms with Gasteiger partial charge in [-0.2, -0.15) is 0 Å². The molecule has 0 amide bonds. The molecule has 0 radical (unpaired) electrons. The van der Waals surface area contributed by atoms with Gasteiger partial charge in [-0.3, -0.25) is 0 Å². The predicted octanol–water partition coefficient (Wildman–Crippen LogP) is 5.83. The number of hydrogen-bond acceptors (Lipinski definition) is 0. The van der Waals surface area contributed by atoms with Crippen molar-refractivity contribution in [1.29, 1.82) is 0 Å². The molecular weight excluding hydrogens is 216 g/mol. The van der Waals surface area contributed by atoms with E-state index in [4.69, 9.17) is 0 Å². The van der Waals surface area contributed by atoms with Crippen molar-refractivity contribution in [3.8, 4) is 0 Å². The van der Waals surface area contributed by atoms with Gasteiger partial charge in [0, 0.05) is 0 Å². The Morgan fingerprint density at radius 3 is 2.22 bits per heavy atom. The highest BCUT2D eigenvalue weighted by Crippen LogP contribution is 2.47. The molecule has 2 aliphatic rings. The van der Waals surface area contributed by atoms with Crippen LogP contribution in [-0.4, -0.2) is 0 Å². The third-order valence-corrected chi connectivity index (χ3v) is 5.82. The summed E-state index contributed by atoms with van der Waals surface area (Å²) in [5, 5.41) is 0. The van der Waals surface area contributed by atoms with Crippen molar-refractivity contribution in [1.82, 2.24) is 0 Å². The van der Waals surface area contributed by atoms with Crippen LogP contribution in [-0.2, 0) is 0 Å². The van der Waals surface area contributed by atoms with Crippen LogP contribution in [0.15, 0.2) is 11.1 Å². The van der Waals surface area contributed by atoms with Crippen molar-refractivity contribution in [2.75, 3.05) is 0 Å². The summed E-state index contributed by atoms with van der Waals surface area (Å²) in [6.07, 6.45) is 8.70. The topological polar surface area (TPSA) is 0 Å². The fourth-order valence-electron chi connectivity index (χ4n) is 4.42. The maximum absolute atomic E-state index is 2.50. The quantitative estimate of drug-likeness (QED) is 0.539. The SMILES string of the molecule is CC1=C(C2CCCCC2C)C(C(C)C)CC[C@H]1C. The van der Waals surface area contributed by atoms with E-state index in [9.17, 15) is 0 Å². The Hall–Kier alpha value is -0.260. The van der Waals surface area contributed by atoms with E-state index >= 15 is 0 Å². The molecule has 2 aliphatic carbocycles. The molecule has 1 fully saturated rings. The Morgan fingerprint density at radius 2 is 1.61 bits per heavy atom. The molecule has 0 aromatic rings. The molecule has 18 heavy (non-hydrogen) atoms. The Bertz CT molecular complexity index is 310. The summed E-state index contributed by atoms with van der Waals surface area (Å²) < 4.78 is 0. The normalized spacial score (nSPS) is 38.3. The molecule has 0 saturated heterocycles. The maximum atomic E-state index is 2.50. The van der Waals surface area contributed by atoms with E-state index in [0.29, 0.717) is 0 Å². The molecule has 0 bridgehead atoms. The first kappa shape index (κ1) is 14.2. The lowest BCUT2D eigenvalue weighted by atomic mass is 9.64. The summed E-state index contributed by atoms with van der Waals surface area (Å²) in [5.41, 5.74) is 3.66. The number of hydrogen-bond donors (Lipinski definition) is 0. The lowest BCUT2D eigenvalue weighted by Gasteiger charge is -2.42. The van der Waals surface area contributed by atoms with Crippen LogP contribution in [0.25, 0.3) is 0 Å². The van der Waals surface area contributed by atoms with Gasteiger partial charge in [-0.25, -0.2) is 0 Å². The fraction of sp³-hybridized carbons (Fsp3) is 0.889. The zero-order valence-electron chi connectivity index (χ0n) is 13.1. The van der Waals surface area contributed by atoms with Crippen LogP contribution in [0.3, 0.4) is 0 Å². The third-order valence-electron chi connectivity index (χ3n) is 5.82. The first-order valence-electron chi connectivity index (χ1n) is 8.23. The fourth-order valence-corrected chi connectivity index (χ4v) is 4.42. The molecule has 0 aromatic heterocycles. The molecule has 3 unspecified atom stereocenters. The molecule has 104 valence electrons. The molecule has 0 aliphatic heterocycles. The van der Waals surface area contributed by atoms with Gasteiger partial charge in [0.25, 0.3) is 0 Å². The summed E-state index contributed by atoms with van der Waals surface area (Å²) in [4.78, 5) is 0. The van der Waals surface area contributed by atoms with Crippen LogP contribution >= 0.6 is 0 Å². The van der Waals surface area contributed by atoms with Crippen molar-refractivity contribution >= 4 is 0 Å². The summed E-state index contributed by atoms with van der Waals surface area (Å²) in [7, 11) is 0. The Labute approximate surface area is 114 Å². The zero-order valence-corrected chi connectivity index (χ0v) is 13.1. The second kappa shape index (κ2) is 5.80. The van der Waals surface area contributed by atoms with Gasteiger partial charge < -0.3 is 0 Å². The molecular formula is C18H32. The first-order chi connectivity index (χ1) is 8.52. The van der Waals surface area contributed by atoms with Gasteiger partial charge >= 0.3 is 0 Å². The lowest BCUT2D eigenvalue weighted by molar-refractivity contribution is 0.234. The maximum Gasteiger partial charge on any atom is -0.0172 e. The van der Waals surface area contributed by atoms with E-state index < -0.39 is 0 Å². The Morgan fingerprint density at radius 1 is 0.944 bits per heavy atom. The minimum Gasteiger partial charge on any atom is -0.0707 e. The van der Waals surface area contributed by atoms with Crippen LogP contribution in [0, 0.1) is 29.6 Å². The molecule has 4 atom stereocenters. The predicted molar refractivity (Wildman–Crippen MR) is 80.5 cm³/mol. The van der Waals surface area contributed by atoms with E-state index in [1.165, 1.54) is 38.5 Å². The molecule has 0 spiro atoms. The van der Waals surface area contributed by atoms with Crippen molar-refractivity contribution < 1.29 is 0 Å². The van der Waals surface area contributed by atoms with E-state index in [2.05, 4.69) is 34.6 Å². The summed E-state index contributed by atoms with van der Waals surface area (Å²) in [5.74, 6) is 4.39. The van der Waals surface area contributed by atoms with Gasteiger partial charge in [-0.05, 0) is 55.8 Å². The molecule has 0 aromatic carbocycles. The largest absolute Gasteiger partial charge is 0.0707 e. The van der Waals surface area contributed by atoms with Crippen LogP contribution < -0.4 is 0 Å². The molecule has 0 heterocycles. The zero-order chi connectivity index (χ0) is 13.3. The highest BCUT2D eigenvalue weighted by atomic mass is 14.4. The van der Waals surface area contributed by atoms with Crippen LogP contribution in [0.2, 0.25) is 0 Å². The monoisotopic (exact) mass is 248 g/mol. The highest BCUT2D eigenvalue weighted by Gasteiger charge is 2.35. The number of rotatable bonds is 2. The number of allylic oxidation sites excluding steroid dienone is 2. The highest BCUT2D eigenvalue weighted by molar-refractivity contribution is 5.24. The van der Waals surface area contributed by atoms with E-state index in [0.717, 1.165) is 29.6 Å².